The third kappa shape index (κ3) is 5.31. The lowest BCUT2D eigenvalue weighted by atomic mass is 10.1. The maximum Gasteiger partial charge on any atom is 0.262 e. The number of hydrogen-bond donors (Lipinski definition) is 2. The molecule has 5 nitrogen and oxygen atoms in total. The Labute approximate surface area is 157 Å². The third-order valence-electron chi connectivity index (χ3n) is 3.33. The number of anilines is 1. The van der Waals surface area contributed by atoms with Gasteiger partial charge in [-0.3, -0.25) is 9.52 Å². The van der Waals surface area contributed by atoms with Crippen LogP contribution in [-0.4, -0.2) is 19.9 Å². The normalized spacial score (nSPS) is 11.9. The van der Waals surface area contributed by atoms with Gasteiger partial charge in [-0.1, -0.05) is 22.0 Å². The van der Waals surface area contributed by atoms with Crippen LogP contribution >= 0.6 is 15.9 Å². The summed E-state index contributed by atoms with van der Waals surface area (Å²) in [6.07, 6.45) is 0. The number of carbonyl (C=O) groups is 1. The van der Waals surface area contributed by atoms with Crippen LogP contribution in [0.25, 0.3) is 0 Å². The minimum Gasteiger partial charge on any atom is -0.347 e. The zero-order valence-electron chi connectivity index (χ0n) is 14.6. The zero-order valence-corrected chi connectivity index (χ0v) is 17.0. The van der Waals surface area contributed by atoms with Gasteiger partial charge >= 0.3 is 0 Å². The van der Waals surface area contributed by atoms with E-state index in [9.17, 15) is 13.2 Å². The van der Waals surface area contributed by atoms with Crippen LogP contribution in [0.3, 0.4) is 0 Å². The highest BCUT2D eigenvalue weighted by Gasteiger charge is 2.18. The van der Waals surface area contributed by atoms with Gasteiger partial charge < -0.3 is 5.32 Å². The Kier molecular flexibility index (Phi) is 5.58. The minimum atomic E-state index is -3.71. The fraction of sp³-hybridized carbons (Fsp3) is 0.278. The van der Waals surface area contributed by atoms with E-state index in [1.54, 1.807) is 49.4 Å². The van der Waals surface area contributed by atoms with Crippen LogP contribution in [0.5, 0.6) is 0 Å². The van der Waals surface area contributed by atoms with Crippen LogP contribution < -0.4 is 10.0 Å². The Morgan fingerprint density at radius 2 is 1.64 bits per heavy atom. The van der Waals surface area contributed by atoms with Crippen molar-refractivity contribution in [3.8, 4) is 0 Å². The molecule has 25 heavy (non-hydrogen) atoms. The molecule has 0 aliphatic rings. The van der Waals surface area contributed by atoms with Crippen molar-refractivity contribution >= 4 is 37.5 Å². The van der Waals surface area contributed by atoms with E-state index in [4.69, 9.17) is 0 Å². The molecule has 7 heteroatoms. The summed E-state index contributed by atoms with van der Waals surface area (Å²) in [4.78, 5) is 12.3. The summed E-state index contributed by atoms with van der Waals surface area (Å²) in [5.74, 6) is -0.204. The fourth-order valence-corrected chi connectivity index (χ4v) is 4.02. The van der Waals surface area contributed by atoms with Gasteiger partial charge in [0.25, 0.3) is 15.9 Å². The molecule has 0 unspecified atom stereocenters. The first-order valence-corrected chi connectivity index (χ1v) is 9.97. The molecular formula is C18H21BrN2O3S. The van der Waals surface area contributed by atoms with Crippen LogP contribution in [0.4, 0.5) is 5.69 Å². The number of rotatable bonds is 4. The largest absolute Gasteiger partial charge is 0.347 e. The van der Waals surface area contributed by atoms with Crippen molar-refractivity contribution in [1.82, 2.24) is 5.32 Å². The molecule has 0 saturated carbocycles. The molecule has 2 rings (SSSR count). The molecule has 0 aliphatic heterocycles. The van der Waals surface area contributed by atoms with Crippen molar-refractivity contribution in [3.05, 3.63) is 58.1 Å². The Hall–Kier alpha value is -1.86. The van der Waals surface area contributed by atoms with Gasteiger partial charge in [-0.05, 0) is 69.7 Å². The zero-order chi connectivity index (χ0) is 18.8. The summed E-state index contributed by atoms with van der Waals surface area (Å²) in [7, 11) is -3.71. The maximum absolute atomic E-state index is 12.6. The summed E-state index contributed by atoms with van der Waals surface area (Å²) in [6, 6.07) is 11.4. The quantitative estimate of drug-likeness (QED) is 0.775. The Morgan fingerprint density at radius 1 is 1.04 bits per heavy atom. The summed E-state index contributed by atoms with van der Waals surface area (Å²) >= 11 is 3.29. The molecule has 0 heterocycles. The van der Waals surface area contributed by atoms with Crippen LogP contribution in [-0.2, 0) is 10.0 Å². The van der Waals surface area contributed by atoms with E-state index in [1.165, 1.54) is 0 Å². The van der Waals surface area contributed by atoms with E-state index in [2.05, 4.69) is 26.0 Å². The number of benzene rings is 2. The average molecular weight is 425 g/mol. The SMILES string of the molecule is Cc1ccc(Br)cc1S(=O)(=O)Nc1ccc(C(=O)NC(C)(C)C)cc1. The molecule has 0 spiro atoms. The van der Waals surface area contributed by atoms with Crippen molar-refractivity contribution in [2.45, 2.75) is 38.1 Å². The van der Waals surface area contributed by atoms with Gasteiger partial charge in [-0.15, -0.1) is 0 Å². The molecule has 0 radical (unpaired) electrons. The second-order valence-electron chi connectivity index (χ2n) is 6.80. The molecule has 2 aromatic carbocycles. The number of amides is 1. The summed E-state index contributed by atoms with van der Waals surface area (Å²) in [5.41, 5.74) is 1.18. The van der Waals surface area contributed by atoms with Gasteiger partial charge in [-0.2, -0.15) is 0 Å². The lowest BCUT2D eigenvalue weighted by molar-refractivity contribution is 0.0919. The molecule has 134 valence electrons. The van der Waals surface area contributed by atoms with Crippen molar-refractivity contribution in [3.63, 3.8) is 0 Å². The number of carbonyl (C=O) groups excluding carboxylic acids is 1. The van der Waals surface area contributed by atoms with Crippen LogP contribution in [0.2, 0.25) is 0 Å². The van der Waals surface area contributed by atoms with Gasteiger partial charge in [0, 0.05) is 21.3 Å². The van der Waals surface area contributed by atoms with E-state index in [0.717, 1.165) is 0 Å². The highest BCUT2D eigenvalue weighted by atomic mass is 79.9. The Morgan fingerprint density at radius 3 is 2.20 bits per heavy atom. The Bertz CT molecular complexity index is 886. The summed E-state index contributed by atoms with van der Waals surface area (Å²) < 4.78 is 28.4. The fourth-order valence-electron chi connectivity index (χ4n) is 2.18. The number of aryl methyl sites for hydroxylation is 1. The van der Waals surface area contributed by atoms with Gasteiger partial charge in [0.1, 0.15) is 0 Å². The van der Waals surface area contributed by atoms with Gasteiger partial charge in [-0.25, -0.2) is 8.42 Å². The standard InChI is InChI=1S/C18H21BrN2O3S/c1-12-5-8-14(19)11-16(12)25(23,24)21-15-9-6-13(7-10-15)17(22)20-18(2,3)4/h5-11,21H,1-4H3,(H,20,22). The monoisotopic (exact) mass is 424 g/mol. The van der Waals surface area contributed by atoms with Crippen LogP contribution in [0.15, 0.2) is 51.8 Å². The first-order valence-electron chi connectivity index (χ1n) is 7.69. The third-order valence-corrected chi connectivity index (χ3v) is 5.34. The molecule has 0 aromatic heterocycles. The molecular weight excluding hydrogens is 404 g/mol. The summed E-state index contributed by atoms with van der Waals surface area (Å²) in [6.45, 7) is 7.43. The van der Waals surface area contributed by atoms with E-state index in [1.807, 2.05) is 20.8 Å². The minimum absolute atomic E-state index is 0.204. The molecule has 1 amide bonds. The van der Waals surface area contributed by atoms with Gasteiger partial charge in [0.05, 0.1) is 4.90 Å². The topological polar surface area (TPSA) is 75.3 Å². The highest BCUT2D eigenvalue weighted by molar-refractivity contribution is 9.10. The number of halogens is 1. The van der Waals surface area contributed by atoms with Gasteiger partial charge in [0.2, 0.25) is 0 Å². The van der Waals surface area contributed by atoms with Crippen molar-refractivity contribution < 1.29 is 13.2 Å². The van der Waals surface area contributed by atoms with Gasteiger partial charge in [0.15, 0.2) is 0 Å². The van der Waals surface area contributed by atoms with E-state index in [0.29, 0.717) is 21.3 Å². The second kappa shape index (κ2) is 7.17. The van der Waals surface area contributed by atoms with Crippen molar-refractivity contribution in [1.29, 1.82) is 0 Å². The molecule has 0 fully saturated rings. The lowest BCUT2D eigenvalue weighted by Gasteiger charge is -2.20. The molecule has 0 atom stereocenters. The number of nitrogens with one attached hydrogen (secondary N) is 2. The van der Waals surface area contributed by atoms with Crippen LogP contribution in [0, 0.1) is 6.92 Å². The van der Waals surface area contributed by atoms with Crippen molar-refractivity contribution in [2.75, 3.05) is 4.72 Å². The predicted octanol–water partition coefficient (Wildman–Crippen LogP) is 4.09. The first kappa shape index (κ1) is 19.5. The van der Waals surface area contributed by atoms with E-state index in [-0.39, 0.29) is 16.3 Å². The van der Waals surface area contributed by atoms with E-state index >= 15 is 0 Å². The smallest absolute Gasteiger partial charge is 0.262 e. The molecule has 0 aliphatic carbocycles. The average Bonchev–Trinajstić information content (AvgIpc) is 2.48. The highest BCUT2D eigenvalue weighted by Crippen LogP contribution is 2.23. The molecule has 2 aromatic rings. The van der Waals surface area contributed by atoms with E-state index < -0.39 is 10.0 Å². The van der Waals surface area contributed by atoms with Crippen LogP contribution in [0.1, 0.15) is 36.7 Å². The predicted molar refractivity (Wildman–Crippen MR) is 103 cm³/mol. The maximum atomic E-state index is 12.6. The number of hydrogen-bond acceptors (Lipinski definition) is 3. The second-order valence-corrected chi connectivity index (χ2v) is 9.36. The number of sulfonamides is 1. The van der Waals surface area contributed by atoms with Crippen molar-refractivity contribution in [2.24, 2.45) is 0 Å². The first-order chi connectivity index (χ1) is 11.5. The Balaban J connectivity index is 2.21. The molecule has 2 N–H and O–H groups in total. The summed E-state index contributed by atoms with van der Waals surface area (Å²) in [5, 5.41) is 2.86. The molecule has 0 saturated heterocycles. The molecule has 0 bridgehead atoms. The lowest BCUT2D eigenvalue weighted by Crippen LogP contribution is -2.40.